The van der Waals surface area contributed by atoms with Gasteiger partial charge in [0.2, 0.25) is 18.2 Å². The molecule has 5 aliphatic heterocycles. The number of carbonyl (C=O) groups is 3. The first-order chi connectivity index (χ1) is 33.7. The Morgan fingerprint density at radius 3 is 2.36 bits per heavy atom. The summed E-state index contributed by atoms with van der Waals surface area (Å²) in [6.07, 6.45) is 3.60. The number of imidazole rings is 1. The number of anilines is 1. The number of nitrogens with two attached hydrogens (primary N) is 1. The molecule has 0 saturated carbocycles. The average molecular weight is 961 g/mol. The average Bonchev–Trinajstić information content (AvgIpc) is 3.86. The molecule has 4 N–H and O–H groups in total. The Kier molecular flexibility index (Phi) is 12.7. The molecule has 4 fully saturated rings. The Morgan fingerprint density at radius 2 is 1.67 bits per heavy atom. The lowest BCUT2D eigenvalue weighted by molar-refractivity contribution is -0.365. The normalized spacial score (nSPS) is 20.6. The number of imide groups is 1. The van der Waals surface area contributed by atoms with Gasteiger partial charge in [0.1, 0.15) is 6.04 Å². The van der Waals surface area contributed by atoms with Gasteiger partial charge in [0.05, 0.1) is 55.2 Å². The van der Waals surface area contributed by atoms with Gasteiger partial charge in [-0.05, 0) is 102 Å². The van der Waals surface area contributed by atoms with Crippen LogP contribution in [0.2, 0.25) is 0 Å². The van der Waals surface area contributed by atoms with Crippen molar-refractivity contribution < 1.29 is 41.6 Å². The van der Waals surface area contributed by atoms with Crippen molar-refractivity contribution in [1.29, 1.82) is 5.41 Å². The Morgan fingerprint density at radius 1 is 0.914 bits per heavy atom. The predicted molar refractivity (Wildman–Crippen MR) is 255 cm³/mol. The van der Waals surface area contributed by atoms with E-state index in [0.717, 1.165) is 78.0 Å². The number of benzene rings is 3. The van der Waals surface area contributed by atoms with E-state index in [0.29, 0.717) is 80.9 Å². The first-order valence-corrected chi connectivity index (χ1v) is 24.0. The fourth-order valence-electron chi connectivity index (χ4n) is 10.8. The maximum Gasteiger partial charge on any atom is 0.418 e. The molecule has 15 nitrogen and oxygen atoms in total. The number of pyridine rings is 1. The molecule has 3 amide bonds. The number of likely N-dealkylation sites (tertiary alicyclic amines) is 1. The molecule has 0 spiro atoms. The minimum atomic E-state index is -4.69. The summed E-state index contributed by atoms with van der Waals surface area (Å²) in [5.74, 6) is 0.00602. The Balaban J connectivity index is 0.719. The first-order valence-electron chi connectivity index (χ1n) is 24.0. The van der Waals surface area contributed by atoms with Gasteiger partial charge in [-0.15, -0.1) is 0 Å². The van der Waals surface area contributed by atoms with Crippen LogP contribution in [0.3, 0.4) is 0 Å². The maximum absolute atomic E-state index is 14.7. The van der Waals surface area contributed by atoms with E-state index in [1.807, 2.05) is 18.2 Å². The van der Waals surface area contributed by atoms with Crippen molar-refractivity contribution in [2.24, 2.45) is 5.73 Å². The topological polar surface area (TPSA) is 171 Å². The molecule has 0 unspecified atom stereocenters. The van der Waals surface area contributed by atoms with Crippen molar-refractivity contribution in [1.82, 2.24) is 24.1 Å². The van der Waals surface area contributed by atoms with E-state index in [2.05, 4.69) is 45.4 Å². The van der Waals surface area contributed by atoms with Gasteiger partial charge in [-0.25, -0.2) is 9.37 Å². The van der Waals surface area contributed by atoms with Crippen LogP contribution in [-0.2, 0) is 50.4 Å². The second-order valence-electron chi connectivity index (χ2n) is 19.6. The molecule has 5 aromatic rings. The van der Waals surface area contributed by atoms with Crippen molar-refractivity contribution in [2.75, 3.05) is 51.3 Å². The highest BCUT2D eigenvalue weighted by atomic mass is 19.4. The lowest BCUT2D eigenvalue weighted by Crippen LogP contribution is -2.52. The summed E-state index contributed by atoms with van der Waals surface area (Å²) < 4.78 is 59.8. The van der Waals surface area contributed by atoms with Gasteiger partial charge in [-0.2, -0.15) is 18.6 Å². The van der Waals surface area contributed by atoms with Crippen molar-refractivity contribution in [3.05, 3.63) is 135 Å². The third kappa shape index (κ3) is 9.27. The number of amidine groups is 1. The number of piperidine rings is 3. The molecule has 5 aliphatic rings. The highest BCUT2D eigenvalue weighted by Crippen LogP contribution is 2.39. The highest BCUT2D eigenvalue weighted by Gasteiger charge is 2.43. The quantitative estimate of drug-likeness (QED) is 0.0580. The molecule has 3 aromatic carbocycles. The molecule has 366 valence electrons. The van der Waals surface area contributed by atoms with Crippen LogP contribution in [-0.4, -0.2) is 112 Å². The van der Waals surface area contributed by atoms with Crippen LogP contribution in [0.4, 0.5) is 18.9 Å². The van der Waals surface area contributed by atoms with Crippen molar-refractivity contribution in [2.45, 2.75) is 94.3 Å². The molecule has 7 heterocycles. The molecule has 70 heavy (non-hydrogen) atoms. The van der Waals surface area contributed by atoms with E-state index in [9.17, 15) is 32.3 Å². The van der Waals surface area contributed by atoms with Crippen LogP contribution in [0.25, 0.3) is 11.2 Å². The van der Waals surface area contributed by atoms with Crippen LogP contribution in [0.5, 0.6) is 0 Å². The van der Waals surface area contributed by atoms with Gasteiger partial charge >= 0.3 is 11.9 Å². The molecule has 0 radical (unpaired) electrons. The second-order valence-corrected chi connectivity index (χ2v) is 19.6. The van der Waals surface area contributed by atoms with Gasteiger partial charge < -0.3 is 25.0 Å². The third-order valence-corrected chi connectivity index (χ3v) is 15.0. The molecule has 2 aromatic heterocycles. The number of hydrogen-bond donors (Lipinski definition) is 3. The summed E-state index contributed by atoms with van der Waals surface area (Å²) in [4.78, 5) is 57.3. The third-order valence-electron chi connectivity index (χ3n) is 15.0. The molecule has 0 bridgehead atoms. The number of halogens is 3. The van der Waals surface area contributed by atoms with E-state index < -0.39 is 34.8 Å². The lowest BCUT2D eigenvalue weighted by Gasteiger charge is -2.41. The SMILES string of the molecule is C[N+](C=N)=C(N)CC1(c2cccc(-n3cc4c(C(F)(F)F)cc(CN5CCC(OCc6ccc(C7CCN(c8ccc9c(c8)CN([C@H]8CCC(=O)NC8=O)C9=O)CC7)cc6)CC5)cn4c3=O)c2)COC1. The fourth-order valence-corrected chi connectivity index (χ4v) is 10.8. The number of rotatable bonds is 13. The van der Waals surface area contributed by atoms with Crippen molar-refractivity contribution in [3.63, 3.8) is 0 Å². The maximum atomic E-state index is 14.7. The van der Waals surface area contributed by atoms with Gasteiger partial charge in [0, 0.05) is 75.8 Å². The summed E-state index contributed by atoms with van der Waals surface area (Å²) in [6, 6.07) is 22.2. The van der Waals surface area contributed by atoms with E-state index in [1.54, 1.807) is 30.1 Å². The van der Waals surface area contributed by atoms with Crippen LogP contribution in [0.15, 0.2) is 90.0 Å². The Labute approximate surface area is 402 Å². The second kappa shape index (κ2) is 18.9. The van der Waals surface area contributed by atoms with Crippen LogP contribution in [0, 0.1) is 5.41 Å². The number of alkyl halides is 3. The number of nitrogens with one attached hydrogen (secondary N) is 2. The van der Waals surface area contributed by atoms with E-state index in [-0.39, 0.29) is 36.4 Å². The number of fused-ring (bicyclic) bond motifs is 2. The highest BCUT2D eigenvalue weighted by molar-refractivity contribution is 6.05. The van der Waals surface area contributed by atoms with Gasteiger partial charge in [0.25, 0.3) is 5.91 Å². The van der Waals surface area contributed by atoms with Gasteiger partial charge in [-0.3, -0.25) is 33.6 Å². The molecule has 0 aliphatic carbocycles. The minimum absolute atomic E-state index is 0.00982. The number of carbonyl (C=O) groups excluding carboxylic acids is 3. The lowest BCUT2D eigenvalue weighted by atomic mass is 9.75. The number of amides is 3. The number of ether oxygens (including phenoxy) is 2. The standard InChI is InChI=1S/C52H56F3N9O6/c1-59(32-56)46(57)24-51(30-69-31-51)38-3-2-4-40(23-38)62-28-45-43(52(53,54)55)21-34(26-64(45)50(62)68)25-60-17-15-41(16-18-60)70-29-33-5-7-35(8-6-33)36-13-19-61(20-14-36)39-9-10-42-37(22-39)27-63(49(42)67)44-11-12-47(65)58-48(44)66/h2-10,21-23,26,28,32,36,41,44,56-57H,11-20,24-25,27,29-31H2,1H3,(H,58,65,66)/p+1/t44-/m0/s1. The largest absolute Gasteiger partial charge is 0.418 e. The number of nitrogens with zero attached hydrogens (tertiary/aromatic N) is 6. The molecular formula is C52H57F3N9O6+. The Hall–Kier alpha value is -6.63. The zero-order valence-electron chi connectivity index (χ0n) is 39.1. The zero-order chi connectivity index (χ0) is 48.9. The van der Waals surface area contributed by atoms with Gasteiger partial charge in [-0.1, -0.05) is 36.4 Å². The van der Waals surface area contributed by atoms with Crippen molar-refractivity contribution >= 4 is 41.1 Å². The smallest absolute Gasteiger partial charge is 0.379 e. The number of hydrogen-bond acceptors (Lipinski definition) is 9. The van der Waals surface area contributed by atoms with E-state index >= 15 is 0 Å². The summed E-state index contributed by atoms with van der Waals surface area (Å²) in [5.41, 5.74) is 10.7. The Bertz CT molecular complexity index is 2950. The summed E-state index contributed by atoms with van der Waals surface area (Å²) in [6.45, 7) is 4.84. The van der Waals surface area contributed by atoms with Crippen LogP contribution < -0.4 is 21.6 Å². The predicted octanol–water partition coefficient (Wildman–Crippen LogP) is 5.70. The van der Waals surface area contributed by atoms with Crippen LogP contribution in [0.1, 0.15) is 94.6 Å². The zero-order valence-corrected chi connectivity index (χ0v) is 39.1. The van der Waals surface area contributed by atoms with E-state index in [4.69, 9.17) is 20.6 Å². The summed E-state index contributed by atoms with van der Waals surface area (Å²) >= 11 is 0. The fraction of sp³-hybridized carbons (Fsp3) is 0.423. The minimum Gasteiger partial charge on any atom is -0.379 e. The molecular weight excluding hydrogens is 904 g/mol. The van der Waals surface area contributed by atoms with E-state index in [1.165, 1.54) is 27.1 Å². The monoisotopic (exact) mass is 960 g/mol. The first kappa shape index (κ1) is 47.1. The molecule has 10 rings (SSSR count). The van der Waals surface area contributed by atoms with Crippen LogP contribution >= 0.6 is 0 Å². The van der Waals surface area contributed by atoms with Gasteiger partial charge in [0.15, 0.2) is 5.84 Å². The summed E-state index contributed by atoms with van der Waals surface area (Å²) in [5, 5.41) is 9.92. The van der Waals surface area contributed by atoms with Crippen molar-refractivity contribution in [3.8, 4) is 5.69 Å². The molecule has 4 saturated heterocycles. The molecule has 1 atom stereocenters. The summed E-state index contributed by atoms with van der Waals surface area (Å²) in [7, 11) is 1.69. The number of aromatic nitrogens is 2. The molecule has 18 heteroatoms.